The fourth-order valence-corrected chi connectivity index (χ4v) is 11.3. The van der Waals surface area contributed by atoms with Crippen LogP contribution in [-0.4, -0.2) is 150 Å². The number of esters is 2. The van der Waals surface area contributed by atoms with E-state index < -0.39 is 27.2 Å². The van der Waals surface area contributed by atoms with Crippen LogP contribution >= 0.6 is 24.4 Å². The number of hydrogen-bond acceptors (Lipinski definition) is 19. The van der Waals surface area contributed by atoms with Crippen molar-refractivity contribution in [3.63, 3.8) is 0 Å². The molecular formula is C69H109N4O18S4-. The van der Waals surface area contributed by atoms with Crippen LogP contribution in [0, 0.1) is 0 Å². The molecule has 95 heavy (non-hydrogen) atoms. The lowest BCUT2D eigenvalue weighted by molar-refractivity contribution is -0.144. The van der Waals surface area contributed by atoms with Crippen LogP contribution in [0.3, 0.4) is 0 Å². The zero-order valence-corrected chi connectivity index (χ0v) is 59.8. The van der Waals surface area contributed by atoms with Crippen molar-refractivity contribution in [3.05, 3.63) is 84.4 Å². The van der Waals surface area contributed by atoms with Crippen LogP contribution in [-0.2, 0) is 59.4 Å². The van der Waals surface area contributed by atoms with Crippen LogP contribution < -0.4 is 34.6 Å². The number of hydrogen-bond donors (Lipinski definition) is 5. The summed E-state index contributed by atoms with van der Waals surface area (Å²) in [6, 6.07) is 22.1. The minimum atomic E-state index is -3.98. The van der Waals surface area contributed by atoms with Crippen molar-refractivity contribution in [2.45, 2.75) is 194 Å². The Labute approximate surface area is 578 Å². The molecule has 0 aliphatic rings. The number of unbranched alkanes of at least 4 members (excludes halogenated alkanes) is 12. The zero-order valence-electron chi connectivity index (χ0n) is 56.5. The lowest BCUT2D eigenvalue weighted by Gasteiger charge is -2.25. The molecule has 3 amide bonds. The molecule has 0 saturated carbocycles. The summed E-state index contributed by atoms with van der Waals surface area (Å²) in [5, 5.41) is 18.3. The molecule has 0 fully saturated rings. The number of amides is 3. The molecule has 538 valence electrons. The average Bonchev–Trinajstić information content (AvgIpc) is 0.891. The second-order valence-corrected chi connectivity index (χ2v) is 26.5. The Hall–Kier alpha value is -5.90. The van der Waals surface area contributed by atoms with Gasteiger partial charge < -0.3 is 58.9 Å². The number of carboxylic acids is 1. The standard InChI is InChI=1S/C25H40N2O4S.C23H37NO7S2.C21H33NO7S/c1-4-6-8-16-24(28)27(18-11-7-12-20-32-21(3)26)22-14-9-10-15-23(22)31-19-13-17-25(29)30-5-2;1-2-30-23(26)15-11-17-31-21-13-7-6-12-20(21)24(22(25)14-5-3-9-18-32)16-8-4-10-19-33(27,28)29;23-15-7-1-3-12-20(24)22(14-6-2-8-17-30(27)28)18-10-4-5-11-19(18)29-16-9-13-21(25)26/h9-10,14-15H,3-8,11-13,16-20,26H2,1-2H3;6-7,12-13,32H,2-5,8-11,14-19H2,1H3,(H,27,28,29);4-5,10-11,23H,1-3,6-9,12-17H2,(H,25,26)(H,27,28)/p-1. The zero-order chi connectivity index (χ0) is 70.3. The molecule has 0 aliphatic heterocycles. The molecule has 0 aromatic heterocycles. The molecule has 22 nitrogen and oxygen atoms in total. The quantitative estimate of drug-likeness (QED) is 0.0115. The summed E-state index contributed by atoms with van der Waals surface area (Å²) in [5.74, 6) is 2.00. The lowest BCUT2D eigenvalue weighted by Crippen LogP contribution is -2.32. The highest BCUT2D eigenvalue weighted by Gasteiger charge is 2.23. The van der Waals surface area contributed by atoms with Crippen molar-refractivity contribution < 1.29 is 84.4 Å². The maximum absolute atomic E-state index is 13.0. The summed E-state index contributed by atoms with van der Waals surface area (Å²) in [5.41, 5.74) is 7.69. The number of aliphatic hydroxyl groups is 1. The first-order valence-corrected chi connectivity index (χ1v) is 38.1. The number of carboxylic acid groups (broad SMARTS) is 1. The minimum absolute atomic E-state index is 0.0107. The third-order valence-corrected chi connectivity index (χ3v) is 16.8. The van der Waals surface area contributed by atoms with Gasteiger partial charge in [-0.15, -0.1) is 11.8 Å². The molecule has 3 aromatic rings. The molecule has 0 heterocycles. The summed E-state index contributed by atoms with van der Waals surface area (Å²) < 4.78 is 79.6. The number of aliphatic carboxylic acids is 1. The Morgan fingerprint density at radius 1 is 0.547 bits per heavy atom. The number of ether oxygens (including phenoxy) is 5. The van der Waals surface area contributed by atoms with Crippen molar-refractivity contribution in [2.24, 2.45) is 5.73 Å². The van der Waals surface area contributed by atoms with Crippen LogP contribution in [0.5, 0.6) is 17.2 Å². The molecule has 1 atom stereocenters. The fraction of sp³-hybridized carbons (Fsp3) is 0.623. The first kappa shape index (κ1) is 87.1. The number of nitrogens with two attached hydrogens (primary N) is 1. The van der Waals surface area contributed by atoms with E-state index in [9.17, 15) is 45.9 Å². The van der Waals surface area contributed by atoms with Gasteiger partial charge >= 0.3 is 17.9 Å². The third-order valence-electron chi connectivity index (χ3n) is 14.2. The van der Waals surface area contributed by atoms with Crippen molar-refractivity contribution in [1.82, 2.24) is 0 Å². The molecule has 0 aliphatic carbocycles. The maximum atomic E-state index is 13.0. The first-order chi connectivity index (χ1) is 45.7. The molecule has 0 bridgehead atoms. The normalized spacial score (nSPS) is 11.2. The van der Waals surface area contributed by atoms with Crippen LogP contribution in [0.2, 0.25) is 0 Å². The van der Waals surface area contributed by atoms with Crippen molar-refractivity contribution in [1.29, 1.82) is 0 Å². The monoisotopic (exact) mass is 1410 g/mol. The van der Waals surface area contributed by atoms with E-state index in [2.05, 4.69) is 26.1 Å². The van der Waals surface area contributed by atoms with E-state index >= 15 is 0 Å². The molecule has 5 N–H and O–H groups in total. The summed E-state index contributed by atoms with van der Waals surface area (Å²) >= 11 is 3.73. The van der Waals surface area contributed by atoms with E-state index in [1.165, 1.54) is 0 Å². The summed E-state index contributed by atoms with van der Waals surface area (Å²) in [7, 11) is -3.98. The van der Waals surface area contributed by atoms with Crippen molar-refractivity contribution in [2.75, 3.05) is 97.0 Å². The van der Waals surface area contributed by atoms with Gasteiger partial charge in [-0.05, 0) is 152 Å². The molecule has 1 unspecified atom stereocenters. The van der Waals surface area contributed by atoms with Gasteiger partial charge in [0.15, 0.2) is 0 Å². The summed E-state index contributed by atoms with van der Waals surface area (Å²) in [6.45, 7) is 12.7. The van der Waals surface area contributed by atoms with Crippen LogP contribution in [0.15, 0.2) is 84.4 Å². The first-order valence-electron chi connectivity index (χ1n) is 33.6. The predicted molar refractivity (Wildman–Crippen MR) is 381 cm³/mol. The van der Waals surface area contributed by atoms with Gasteiger partial charge in [0.25, 0.3) is 10.1 Å². The van der Waals surface area contributed by atoms with Crippen molar-refractivity contribution in [3.8, 4) is 17.2 Å². The summed E-state index contributed by atoms with van der Waals surface area (Å²) in [4.78, 5) is 77.9. The van der Waals surface area contributed by atoms with Gasteiger partial charge in [-0.3, -0.25) is 37.5 Å². The molecule has 3 rings (SSSR count). The van der Waals surface area contributed by atoms with E-state index in [1.54, 1.807) is 59.7 Å². The molecule has 0 saturated heterocycles. The Morgan fingerprint density at radius 3 is 1.32 bits per heavy atom. The van der Waals surface area contributed by atoms with E-state index in [4.69, 9.17) is 44.2 Å². The maximum Gasteiger partial charge on any atom is 0.305 e. The van der Waals surface area contributed by atoms with E-state index in [0.29, 0.717) is 176 Å². The second-order valence-electron chi connectivity index (χ2n) is 22.2. The second kappa shape index (κ2) is 56.2. The topological polar surface area (TPSA) is 319 Å². The largest absolute Gasteiger partial charge is 0.772 e. The highest BCUT2D eigenvalue weighted by Crippen LogP contribution is 2.33. The fourth-order valence-electron chi connectivity index (χ4n) is 9.42. The van der Waals surface area contributed by atoms with Gasteiger partial charge in [0.1, 0.15) is 17.2 Å². The van der Waals surface area contributed by atoms with Gasteiger partial charge in [0.2, 0.25) is 17.7 Å². The molecule has 26 heteroatoms. The number of thioether (sulfide) groups is 1. The van der Waals surface area contributed by atoms with Gasteiger partial charge in [-0.25, -0.2) is 0 Å². The Balaban J connectivity index is 0.000000713. The lowest BCUT2D eigenvalue weighted by atomic mass is 10.1. The number of benzene rings is 3. The van der Waals surface area contributed by atoms with E-state index in [0.717, 1.165) is 81.4 Å². The smallest absolute Gasteiger partial charge is 0.305 e. The molecular weight excluding hydrogens is 1300 g/mol. The predicted octanol–water partition coefficient (Wildman–Crippen LogP) is 12.8. The number of aliphatic hydroxyl groups excluding tert-OH is 1. The number of thiol groups is 1. The molecule has 3 aromatic carbocycles. The van der Waals surface area contributed by atoms with Crippen LogP contribution in [0.4, 0.5) is 17.1 Å². The summed E-state index contributed by atoms with van der Waals surface area (Å²) in [6.07, 6.45) is 17.4. The highest BCUT2D eigenvalue weighted by molar-refractivity contribution is 8.02. The van der Waals surface area contributed by atoms with Gasteiger partial charge in [-0.2, -0.15) is 21.0 Å². The number of nitrogens with zero attached hydrogens (tertiary/aromatic N) is 3. The van der Waals surface area contributed by atoms with E-state index in [-0.39, 0.29) is 67.2 Å². The Kier molecular flexibility index (Phi) is 51.5. The average molecular weight is 1410 g/mol. The van der Waals surface area contributed by atoms with Gasteiger partial charge in [-0.1, -0.05) is 106 Å². The third kappa shape index (κ3) is 44.5. The van der Waals surface area contributed by atoms with Gasteiger partial charge in [0.05, 0.1) is 60.9 Å². The van der Waals surface area contributed by atoms with Crippen molar-refractivity contribution >= 4 is 98.3 Å². The molecule has 0 radical (unpaired) electrons. The number of carbonyl (C=O) groups excluding carboxylic acids is 5. The highest BCUT2D eigenvalue weighted by atomic mass is 32.2. The van der Waals surface area contributed by atoms with Crippen LogP contribution in [0.25, 0.3) is 0 Å². The Bertz CT molecular complexity index is 2760. The SMILES string of the molecule is C=C(N)SCCCCCN(C(=O)CCCCC)c1ccccc1OCCCC(=O)OCC.CCOC(=O)CCCOc1ccccc1N(CCCCCS(=O)(=O)O)C(=O)CCCCCS.O=C(O)CCCOc1ccccc1N(CCCCCS(=O)[O-])C(=O)CCCCCO. The Morgan fingerprint density at radius 2 is 0.937 bits per heavy atom. The minimum Gasteiger partial charge on any atom is -0.772 e. The number of para-hydroxylation sites is 6. The number of rotatable bonds is 53. The van der Waals surface area contributed by atoms with Crippen LogP contribution in [0.1, 0.15) is 194 Å². The number of anilines is 3. The number of carbonyl (C=O) groups is 6. The van der Waals surface area contributed by atoms with Gasteiger partial charge in [0, 0.05) is 70.5 Å². The molecule has 0 spiro atoms. The van der Waals surface area contributed by atoms with E-state index in [1.807, 2.05) is 53.4 Å².